The Morgan fingerprint density at radius 3 is 2.81 bits per heavy atom. The molecule has 0 aliphatic heterocycles. The van der Waals surface area contributed by atoms with E-state index in [1.54, 1.807) is 0 Å². The smallest absolute Gasteiger partial charge is 0.221 e. The molecular formula is C10H18N4O2. The van der Waals surface area contributed by atoms with E-state index < -0.39 is 0 Å². The molecule has 1 aromatic rings. The molecule has 16 heavy (non-hydrogen) atoms. The van der Waals surface area contributed by atoms with Gasteiger partial charge in [-0.3, -0.25) is 0 Å². The Bertz CT molecular complexity index is 320. The predicted octanol–water partition coefficient (Wildman–Crippen LogP) is 0.876. The van der Waals surface area contributed by atoms with Gasteiger partial charge in [-0.15, -0.1) is 0 Å². The molecule has 6 heteroatoms. The van der Waals surface area contributed by atoms with E-state index in [0.717, 1.165) is 18.6 Å². The first-order chi connectivity index (χ1) is 7.79. The van der Waals surface area contributed by atoms with Crippen molar-refractivity contribution in [2.24, 2.45) is 5.84 Å². The zero-order chi connectivity index (χ0) is 11.8. The summed E-state index contributed by atoms with van der Waals surface area (Å²) in [4.78, 5) is 7.98. The van der Waals surface area contributed by atoms with Crippen molar-refractivity contribution in [1.29, 1.82) is 0 Å². The summed E-state index contributed by atoms with van der Waals surface area (Å²) in [6.07, 6.45) is 2.41. The third kappa shape index (κ3) is 3.63. The predicted molar refractivity (Wildman–Crippen MR) is 61.2 cm³/mol. The summed E-state index contributed by atoms with van der Waals surface area (Å²) in [5.74, 6) is 6.39. The van der Waals surface area contributed by atoms with E-state index in [1.807, 2.05) is 6.92 Å². The van der Waals surface area contributed by atoms with Crippen LogP contribution in [0.15, 0.2) is 6.33 Å². The van der Waals surface area contributed by atoms with Crippen LogP contribution >= 0.6 is 0 Å². The van der Waals surface area contributed by atoms with Gasteiger partial charge < -0.3 is 14.9 Å². The Balaban J connectivity index is 2.41. The average Bonchev–Trinajstić information content (AvgIpc) is 2.31. The Hall–Kier alpha value is -1.40. The van der Waals surface area contributed by atoms with Crippen LogP contribution in [-0.2, 0) is 4.74 Å². The number of nitrogens with two attached hydrogens (primary N) is 1. The van der Waals surface area contributed by atoms with Gasteiger partial charge in [-0.1, -0.05) is 6.92 Å². The molecule has 0 aliphatic rings. The highest BCUT2D eigenvalue weighted by atomic mass is 16.5. The van der Waals surface area contributed by atoms with Crippen LogP contribution in [0.1, 0.15) is 18.9 Å². The summed E-state index contributed by atoms with van der Waals surface area (Å²) in [6.45, 7) is 5.69. The highest BCUT2D eigenvalue weighted by molar-refractivity contribution is 5.46. The first-order valence-corrected chi connectivity index (χ1v) is 5.28. The number of rotatable bonds is 7. The molecule has 1 heterocycles. The molecule has 0 aromatic carbocycles. The topological polar surface area (TPSA) is 82.3 Å². The van der Waals surface area contributed by atoms with Gasteiger partial charge in [0.2, 0.25) is 5.88 Å². The quantitative estimate of drug-likeness (QED) is 0.408. The second-order valence-electron chi connectivity index (χ2n) is 3.26. The number of anilines is 1. The zero-order valence-corrected chi connectivity index (χ0v) is 9.69. The molecule has 6 nitrogen and oxygen atoms in total. The van der Waals surface area contributed by atoms with E-state index in [0.29, 0.717) is 24.9 Å². The number of nitrogen functional groups attached to an aromatic ring is 1. The van der Waals surface area contributed by atoms with E-state index in [1.165, 1.54) is 6.33 Å². The van der Waals surface area contributed by atoms with Crippen molar-refractivity contribution in [3.05, 3.63) is 11.9 Å². The number of hydrazine groups is 1. The lowest BCUT2D eigenvalue weighted by Gasteiger charge is -2.10. The van der Waals surface area contributed by atoms with Crippen molar-refractivity contribution < 1.29 is 9.47 Å². The molecule has 0 fully saturated rings. The zero-order valence-electron chi connectivity index (χ0n) is 9.69. The van der Waals surface area contributed by atoms with Crippen LogP contribution in [0.4, 0.5) is 5.82 Å². The SMILES string of the molecule is CCCOCCOc1ncnc(NN)c1C. The fourth-order valence-electron chi connectivity index (χ4n) is 1.17. The highest BCUT2D eigenvalue weighted by Gasteiger charge is 2.06. The molecule has 0 saturated carbocycles. The Morgan fingerprint density at radius 1 is 1.31 bits per heavy atom. The minimum Gasteiger partial charge on any atom is -0.475 e. The van der Waals surface area contributed by atoms with E-state index in [2.05, 4.69) is 22.3 Å². The van der Waals surface area contributed by atoms with Crippen LogP contribution in [0.5, 0.6) is 5.88 Å². The second kappa shape index (κ2) is 6.97. The van der Waals surface area contributed by atoms with Gasteiger partial charge in [-0.2, -0.15) is 0 Å². The van der Waals surface area contributed by atoms with Crippen molar-refractivity contribution in [1.82, 2.24) is 9.97 Å². The third-order valence-electron chi connectivity index (χ3n) is 1.99. The second-order valence-corrected chi connectivity index (χ2v) is 3.26. The molecule has 0 spiro atoms. The number of nitrogens with zero attached hydrogens (tertiary/aromatic N) is 2. The normalized spacial score (nSPS) is 10.2. The van der Waals surface area contributed by atoms with Crippen molar-refractivity contribution >= 4 is 5.82 Å². The largest absolute Gasteiger partial charge is 0.475 e. The van der Waals surface area contributed by atoms with Crippen LogP contribution < -0.4 is 16.0 Å². The fourth-order valence-corrected chi connectivity index (χ4v) is 1.17. The van der Waals surface area contributed by atoms with Crippen LogP contribution in [0.3, 0.4) is 0 Å². The molecule has 0 saturated heterocycles. The number of nitrogens with one attached hydrogen (secondary N) is 1. The van der Waals surface area contributed by atoms with Crippen LogP contribution in [0.2, 0.25) is 0 Å². The lowest BCUT2D eigenvalue weighted by Crippen LogP contribution is -2.13. The summed E-state index contributed by atoms with van der Waals surface area (Å²) in [6, 6.07) is 0. The van der Waals surface area contributed by atoms with Crippen molar-refractivity contribution in [3.63, 3.8) is 0 Å². The van der Waals surface area contributed by atoms with Gasteiger partial charge in [-0.05, 0) is 13.3 Å². The maximum Gasteiger partial charge on any atom is 0.221 e. The number of aromatic nitrogens is 2. The summed E-state index contributed by atoms with van der Waals surface area (Å²) in [5, 5.41) is 0. The van der Waals surface area contributed by atoms with Crippen LogP contribution in [0.25, 0.3) is 0 Å². The lowest BCUT2D eigenvalue weighted by atomic mass is 10.3. The van der Waals surface area contributed by atoms with Gasteiger partial charge in [0, 0.05) is 6.61 Å². The molecule has 1 aromatic heterocycles. The molecule has 90 valence electrons. The van der Waals surface area contributed by atoms with E-state index in [-0.39, 0.29) is 0 Å². The van der Waals surface area contributed by atoms with Gasteiger partial charge in [0.1, 0.15) is 18.8 Å². The maximum atomic E-state index is 5.45. The van der Waals surface area contributed by atoms with E-state index >= 15 is 0 Å². The summed E-state index contributed by atoms with van der Waals surface area (Å²) >= 11 is 0. The number of hydrogen-bond donors (Lipinski definition) is 2. The molecule has 0 unspecified atom stereocenters. The van der Waals surface area contributed by atoms with Crippen LogP contribution in [0, 0.1) is 6.92 Å². The molecule has 0 aliphatic carbocycles. The molecule has 3 N–H and O–H groups in total. The van der Waals surface area contributed by atoms with Gasteiger partial charge in [0.15, 0.2) is 0 Å². The van der Waals surface area contributed by atoms with Gasteiger partial charge in [0.25, 0.3) is 0 Å². The van der Waals surface area contributed by atoms with Gasteiger partial charge >= 0.3 is 0 Å². The summed E-state index contributed by atoms with van der Waals surface area (Å²) in [5.41, 5.74) is 3.28. The molecule has 0 atom stereocenters. The Labute approximate surface area is 95.1 Å². The maximum absolute atomic E-state index is 5.45. The fraction of sp³-hybridized carbons (Fsp3) is 0.600. The van der Waals surface area contributed by atoms with Crippen LogP contribution in [-0.4, -0.2) is 29.8 Å². The monoisotopic (exact) mass is 226 g/mol. The first-order valence-electron chi connectivity index (χ1n) is 5.28. The molecular weight excluding hydrogens is 208 g/mol. The number of hydrogen-bond acceptors (Lipinski definition) is 6. The van der Waals surface area contributed by atoms with E-state index in [9.17, 15) is 0 Å². The molecule has 0 amide bonds. The number of ether oxygens (including phenoxy) is 2. The Kier molecular flexibility index (Phi) is 5.52. The minimum atomic E-state index is 0.474. The summed E-state index contributed by atoms with van der Waals surface area (Å²) in [7, 11) is 0. The van der Waals surface area contributed by atoms with Crippen molar-refractivity contribution in [2.45, 2.75) is 20.3 Å². The lowest BCUT2D eigenvalue weighted by molar-refractivity contribution is 0.0987. The molecule has 1 rings (SSSR count). The van der Waals surface area contributed by atoms with Gasteiger partial charge in [0.05, 0.1) is 12.2 Å². The van der Waals surface area contributed by atoms with E-state index in [4.69, 9.17) is 15.3 Å². The Morgan fingerprint density at radius 2 is 2.12 bits per heavy atom. The standard InChI is InChI=1S/C10H18N4O2/c1-3-4-15-5-6-16-10-8(2)9(14-11)12-7-13-10/h7H,3-6,11H2,1-2H3,(H,12,13,14). The third-order valence-corrected chi connectivity index (χ3v) is 1.99. The minimum absolute atomic E-state index is 0.474. The molecule has 0 radical (unpaired) electrons. The first kappa shape index (κ1) is 12.7. The van der Waals surface area contributed by atoms with Crippen molar-refractivity contribution in [3.8, 4) is 5.88 Å². The summed E-state index contributed by atoms with van der Waals surface area (Å²) < 4.78 is 10.7. The molecule has 0 bridgehead atoms. The average molecular weight is 226 g/mol. The van der Waals surface area contributed by atoms with Crippen molar-refractivity contribution in [2.75, 3.05) is 25.2 Å². The van der Waals surface area contributed by atoms with Gasteiger partial charge in [-0.25, -0.2) is 15.8 Å². The highest BCUT2D eigenvalue weighted by Crippen LogP contribution is 2.18.